The molecule has 0 bridgehead atoms. The number of halogens is 3. The molecule has 2 nitrogen and oxygen atoms in total. The summed E-state index contributed by atoms with van der Waals surface area (Å²) in [7, 11) is 2.05. The smallest absolute Gasteiger partial charge is 0.394 e. The molecule has 206 valence electrons. The molecule has 40 heavy (non-hydrogen) atoms. The monoisotopic (exact) mass is 542 g/mol. The van der Waals surface area contributed by atoms with E-state index in [9.17, 15) is 13.2 Å². The van der Waals surface area contributed by atoms with Crippen molar-refractivity contribution in [1.29, 1.82) is 0 Å². The zero-order valence-corrected chi connectivity index (χ0v) is 24.2. The van der Waals surface area contributed by atoms with Crippen LogP contribution in [0.2, 0.25) is 0 Å². The van der Waals surface area contributed by atoms with Crippen LogP contribution in [-0.2, 0) is 19.9 Å². The highest BCUT2D eigenvalue weighted by Crippen LogP contribution is 2.53. The van der Waals surface area contributed by atoms with Gasteiger partial charge in [-0.25, -0.2) is 4.57 Å². The lowest BCUT2D eigenvalue weighted by atomic mass is 9.81. The third kappa shape index (κ3) is 4.13. The summed E-state index contributed by atoms with van der Waals surface area (Å²) in [5, 5.41) is 6.30. The van der Waals surface area contributed by atoms with Crippen molar-refractivity contribution in [2.45, 2.75) is 60.6 Å². The summed E-state index contributed by atoms with van der Waals surface area (Å²) in [6.45, 7) is 11.4. The maximum atomic E-state index is 13.7. The minimum atomic E-state index is -4.28. The van der Waals surface area contributed by atoms with Gasteiger partial charge in [-0.15, -0.1) is 0 Å². The van der Waals surface area contributed by atoms with Crippen LogP contribution in [0.5, 0.6) is 11.5 Å². The van der Waals surface area contributed by atoms with Crippen LogP contribution in [0.1, 0.15) is 51.3 Å². The molecule has 1 aromatic heterocycles. The van der Waals surface area contributed by atoms with Gasteiger partial charge in [-0.2, -0.15) is 13.2 Å². The molecule has 0 aliphatic carbocycles. The van der Waals surface area contributed by atoms with Crippen molar-refractivity contribution in [3.63, 3.8) is 0 Å². The first-order valence-corrected chi connectivity index (χ1v) is 13.8. The number of ether oxygens (including phenoxy) is 1. The molecule has 0 fully saturated rings. The Balaban J connectivity index is 1.66. The molecule has 0 saturated heterocycles. The highest BCUT2D eigenvalue weighted by molar-refractivity contribution is 6.16. The van der Waals surface area contributed by atoms with Gasteiger partial charge in [-0.3, -0.25) is 0 Å². The lowest BCUT2D eigenvalue weighted by Crippen LogP contribution is -2.34. The summed E-state index contributed by atoms with van der Waals surface area (Å²) >= 11 is 0. The first kappa shape index (κ1) is 26.6. The van der Waals surface area contributed by atoms with Crippen LogP contribution in [-0.4, -0.2) is 6.18 Å². The second-order valence-electron chi connectivity index (χ2n) is 13.2. The van der Waals surface area contributed by atoms with E-state index in [0.717, 1.165) is 56.3 Å². The van der Waals surface area contributed by atoms with Crippen molar-refractivity contribution >= 4 is 32.3 Å². The Morgan fingerprint density at radius 2 is 1.50 bits per heavy atom. The quantitative estimate of drug-likeness (QED) is 0.160. The number of fused-ring (bicyclic) bond motifs is 5. The average Bonchev–Trinajstić information content (AvgIpc) is 2.86. The number of aromatic nitrogens is 1. The number of rotatable bonds is 3. The van der Waals surface area contributed by atoms with Crippen LogP contribution < -0.4 is 9.30 Å². The maximum Gasteiger partial charge on any atom is 0.394 e. The van der Waals surface area contributed by atoms with Crippen LogP contribution in [0.3, 0.4) is 0 Å². The van der Waals surface area contributed by atoms with Gasteiger partial charge in [0.1, 0.15) is 18.5 Å². The van der Waals surface area contributed by atoms with Crippen molar-refractivity contribution in [3.8, 4) is 22.8 Å². The topological polar surface area (TPSA) is 13.1 Å². The molecular formula is C35H35F3NO+. The van der Waals surface area contributed by atoms with Crippen molar-refractivity contribution in [2.75, 3.05) is 0 Å². The number of aryl methyl sites for hydroxylation is 2. The molecule has 1 aliphatic rings. The molecule has 0 atom stereocenters. The fourth-order valence-corrected chi connectivity index (χ4v) is 6.27. The summed E-state index contributed by atoms with van der Waals surface area (Å²) in [5.74, 6) is 1.69. The molecule has 1 aliphatic heterocycles. The number of hydrogen-bond acceptors (Lipinski definition) is 1. The molecule has 0 radical (unpaired) electrons. The average molecular weight is 543 g/mol. The second kappa shape index (κ2) is 8.70. The highest BCUT2D eigenvalue weighted by atomic mass is 19.4. The predicted molar refractivity (Wildman–Crippen MR) is 157 cm³/mol. The van der Waals surface area contributed by atoms with Gasteiger partial charge in [0.2, 0.25) is 5.69 Å². The van der Waals surface area contributed by atoms with Crippen LogP contribution in [0.25, 0.3) is 43.6 Å². The van der Waals surface area contributed by atoms with Gasteiger partial charge in [-0.05, 0) is 63.9 Å². The molecule has 0 spiro atoms. The third-order valence-electron chi connectivity index (χ3n) is 8.37. The second-order valence-corrected chi connectivity index (χ2v) is 13.2. The third-order valence-corrected chi connectivity index (χ3v) is 8.37. The van der Waals surface area contributed by atoms with Crippen molar-refractivity contribution in [3.05, 3.63) is 77.5 Å². The van der Waals surface area contributed by atoms with E-state index in [2.05, 4.69) is 75.8 Å². The summed E-state index contributed by atoms with van der Waals surface area (Å²) < 4.78 is 50.1. The van der Waals surface area contributed by atoms with Gasteiger partial charge in [0.25, 0.3) is 0 Å². The summed E-state index contributed by atoms with van der Waals surface area (Å²) in [6, 6.07) is 18.3. The zero-order valence-electron chi connectivity index (χ0n) is 24.2. The highest BCUT2D eigenvalue weighted by Gasteiger charge is 2.47. The van der Waals surface area contributed by atoms with Gasteiger partial charge in [0, 0.05) is 17.0 Å². The minimum Gasteiger partial charge on any atom is -0.455 e. The fourth-order valence-electron chi connectivity index (χ4n) is 6.27. The van der Waals surface area contributed by atoms with Crippen molar-refractivity contribution in [1.82, 2.24) is 0 Å². The van der Waals surface area contributed by atoms with E-state index in [1.807, 2.05) is 24.3 Å². The number of nitrogens with zero attached hydrogens (tertiary/aromatic N) is 1. The first-order valence-electron chi connectivity index (χ1n) is 13.8. The SMILES string of the molecule is Cc1c2c(c(CC(C)(C)C)c3ccccc13)Oc1cc3ccc(CC(C)(C)C(F)(F)F)cc3c3cc[n+](C)c-2c13. The molecule has 6 rings (SSSR count). The Morgan fingerprint density at radius 1 is 0.800 bits per heavy atom. The Labute approximate surface area is 233 Å². The molecule has 5 aromatic rings. The molecular weight excluding hydrogens is 507 g/mol. The van der Waals surface area contributed by atoms with Gasteiger partial charge in [0.05, 0.1) is 16.4 Å². The van der Waals surface area contributed by atoms with E-state index >= 15 is 0 Å². The van der Waals surface area contributed by atoms with E-state index in [1.54, 1.807) is 0 Å². The number of benzene rings is 4. The molecule has 4 aromatic carbocycles. The molecule has 0 N–H and O–H groups in total. The minimum absolute atomic E-state index is 0.0492. The predicted octanol–water partition coefficient (Wildman–Crippen LogP) is 9.77. The van der Waals surface area contributed by atoms with Gasteiger partial charge >= 0.3 is 6.18 Å². The summed E-state index contributed by atoms with van der Waals surface area (Å²) in [6.07, 6.45) is -1.44. The fraction of sp³-hybridized carbons (Fsp3) is 0.343. The van der Waals surface area contributed by atoms with E-state index < -0.39 is 11.6 Å². The lowest BCUT2D eigenvalue weighted by molar-refractivity contribution is -0.659. The Kier molecular flexibility index (Phi) is 5.79. The normalized spacial score (nSPS) is 13.7. The zero-order chi connectivity index (χ0) is 28.8. The van der Waals surface area contributed by atoms with E-state index in [0.29, 0.717) is 5.56 Å². The Morgan fingerprint density at radius 3 is 2.17 bits per heavy atom. The molecule has 0 amide bonds. The summed E-state index contributed by atoms with van der Waals surface area (Å²) in [5.41, 5.74) is 3.44. The number of pyridine rings is 1. The standard InChI is InChI=1S/C35H35F3NO/c1-20-23-10-8-9-11-24(23)27(19-33(2,3)4)32-29(20)31-30-25(14-15-39(31)7)26-16-21(18-34(5,6)35(36,37)38)12-13-22(26)17-28(30)40-32/h8-17H,18-19H2,1-7H3/q+1. The van der Waals surface area contributed by atoms with E-state index in [-0.39, 0.29) is 11.8 Å². The van der Waals surface area contributed by atoms with Gasteiger partial charge < -0.3 is 4.74 Å². The largest absolute Gasteiger partial charge is 0.455 e. The van der Waals surface area contributed by atoms with E-state index in [1.165, 1.54) is 30.2 Å². The summed E-state index contributed by atoms with van der Waals surface area (Å²) in [4.78, 5) is 0. The maximum absolute atomic E-state index is 13.7. The van der Waals surface area contributed by atoms with Crippen LogP contribution in [0.4, 0.5) is 13.2 Å². The molecule has 0 unspecified atom stereocenters. The molecule has 5 heteroatoms. The van der Waals surface area contributed by atoms with Crippen molar-refractivity contribution < 1.29 is 22.5 Å². The Bertz CT molecular complexity index is 1840. The van der Waals surface area contributed by atoms with E-state index in [4.69, 9.17) is 4.74 Å². The number of alkyl halides is 3. The van der Waals surface area contributed by atoms with Crippen LogP contribution in [0.15, 0.2) is 60.8 Å². The van der Waals surface area contributed by atoms with Gasteiger partial charge in [-0.1, -0.05) is 77.1 Å². The molecule has 0 saturated carbocycles. The van der Waals surface area contributed by atoms with Crippen molar-refractivity contribution in [2.24, 2.45) is 17.9 Å². The first-order chi connectivity index (χ1) is 18.7. The Hall–Kier alpha value is -3.60. The molecule has 2 heterocycles. The van der Waals surface area contributed by atoms with Crippen LogP contribution >= 0.6 is 0 Å². The van der Waals surface area contributed by atoms with Crippen LogP contribution in [0, 0.1) is 17.8 Å². The van der Waals surface area contributed by atoms with Gasteiger partial charge in [0.15, 0.2) is 6.20 Å². The number of hydrogen-bond donors (Lipinski definition) is 0. The lowest BCUT2D eigenvalue weighted by Gasteiger charge is -2.29.